The summed E-state index contributed by atoms with van der Waals surface area (Å²) in [7, 11) is 0. The molecule has 1 atom stereocenters. The monoisotopic (exact) mass is 324 g/mol. The number of phenols is 1. The van der Waals surface area contributed by atoms with Crippen LogP contribution in [0.2, 0.25) is 0 Å². The topological polar surface area (TPSA) is 69.6 Å². The van der Waals surface area contributed by atoms with E-state index in [1.807, 2.05) is 32.0 Å². The number of carbonyl (C=O) groups excluding carboxylic acids is 2. The quantitative estimate of drug-likeness (QED) is 0.851. The van der Waals surface area contributed by atoms with Crippen LogP contribution in [0.3, 0.4) is 0 Å². The standard InChI is InChI=1S/C19H20N2O3/c1-11-5-4-6-15(13(11)3)20-16-10-18(23)21(19(16)24)17-8-7-14(22)9-12(17)2/h4-9,16,20,22H,10H2,1-3H3. The second-order valence-corrected chi connectivity index (χ2v) is 6.19. The Morgan fingerprint density at radius 1 is 1.08 bits per heavy atom. The predicted octanol–water partition coefficient (Wildman–Crippen LogP) is 3.06. The zero-order valence-corrected chi connectivity index (χ0v) is 14.0. The van der Waals surface area contributed by atoms with Crippen molar-refractivity contribution >= 4 is 23.2 Å². The largest absolute Gasteiger partial charge is 0.508 e. The molecule has 1 fully saturated rings. The number of phenolic OH excluding ortho intramolecular Hbond substituents is 1. The van der Waals surface area contributed by atoms with Gasteiger partial charge in [-0.2, -0.15) is 0 Å². The van der Waals surface area contributed by atoms with Crippen molar-refractivity contribution in [1.29, 1.82) is 0 Å². The summed E-state index contributed by atoms with van der Waals surface area (Å²) >= 11 is 0. The molecule has 1 aliphatic rings. The molecule has 0 aromatic heterocycles. The van der Waals surface area contributed by atoms with Gasteiger partial charge in [-0.25, -0.2) is 4.90 Å². The van der Waals surface area contributed by atoms with Gasteiger partial charge in [0.05, 0.1) is 12.1 Å². The highest BCUT2D eigenvalue weighted by atomic mass is 16.3. The number of rotatable bonds is 3. The van der Waals surface area contributed by atoms with E-state index in [0.717, 1.165) is 16.8 Å². The highest BCUT2D eigenvalue weighted by Crippen LogP contribution is 2.30. The first-order valence-electron chi connectivity index (χ1n) is 7.87. The minimum Gasteiger partial charge on any atom is -0.508 e. The van der Waals surface area contributed by atoms with E-state index < -0.39 is 6.04 Å². The maximum Gasteiger partial charge on any atom is 0.256 e. The molecule has 124 valence electrons. The number of amides is 2. The van der Waals surface area contributed by atoms with Crippen molar-refractivity contribution in [3.63, 3.8) is 0 Å². The maximum absolute atomic E-state index is 12.7. The van der Waals surface area contributed by atoms with Crippen molar-refractivity contribution in [3.05, 3.63) is 53.1 Å². The van der Waals surface area contributed by atoms with Gasteiger partial charge in [0, 0.05) is 5.69 Å². The molecule has 5 nitrogen and oxygen atoms in total. The summed E-state index contributed by atoms with van der Waals surface area (Å²) in [4.78, 5) is 26.3. The molecule has 5 heteroatoms. The Labute approximate surface area is 140 Å². The summed E-state index contributed by atoms with van der Waals surface area (Å²) in [5.74, 6) is -0.397. The molecule has 0 spiro atoms. The zero-order valence-electron chi connectivity index (χ0n) is 14.0. The molecule has 1 aliphatic heterocycles. The summed E-state index contributed by atoms with van der Waals surface area (Å²) in [6.45, 7) is 5.76. The maximum atomic E-state index is 12.7. The van der Waals surface area contributed by atoms with Crippen molar-refractivity contribution in [2.24, 2.45) is 0 Å². The fraction of sp³-hybridized carbons (Fsp3) is 0.263. The van der Waals surface area contributed by atoms with Crippen LogP contribution in [-0.4, -0.2) is 23.0 Å². The van der Waals surface area contributed by atoms with Crippen molar-refractivity contribution in [2.75, 3.05) is 10.2 Å². The van der Waals surface area contributed by atoms with Crippen LogP contribution in [0.5, 0.6) is 5.75 Å². The van der Waals surface area contributed by atoms with E-state index in [4.69, 9.17) is 0 Å². The molecule has 1 saturated heterocycles. The van der Waals surface area contributed by atoms with E-state index in [1.54, 1.807) is 19.1 Å². The minimum absolute atomic E-state index is 0.111. The smallest absolute Gasteiger partial charge is 0.256 e. The number of aromatic hydroxyl groups is 1. The van der Waals surface area contributed by atoms with E-state index in [-0.39, 0.29) is 24.0 Å². The lowest BCUT2D eigenvalue weighted by Gasteiger charge is -2.19. The van der Waals surface area contributed by atoms with Crippen LogP contribution >= 0.6 is 0 Å². The molecular weight excluding hydrogens is 304 g/mol. The average Bonchev–Trinajstić information content (AvgIpc) is 2.79. The fourth-order valence-corrected chi connectivity index (χ4v) is 2.98. The van der Waals surface area contributed by atoms with Crippen LogP contribution in [0, 0.1) is 20.8 Å². The summed E-state index contributed by atoms with van der Waals surface area (Å²) in [5.41, 5.74) is 4.27. The zero-order chi connectivity index (χ0) is 17.4. The minimum atomic E-state index is -0.578. The van der Waals surface area contributed by atoms with Crippen LogP contribution in [0.15, 0.2) is 36.4 Å². The van der Waals surface area contributed by atoms with Crippen LogP contribution < -0.4 is 10.2 Å². The van der Waals surface area contributed by atoms with E-state index in [1.165, 1.54) is 11.0 Å². The highest BCUT2D eigenvalue weighted by molar-refractivity contribution is 6.23. The second kappa shape index (κ2) is 6.00. The molecule has 0 bridgehead atoms. The normalized spacial score (nSPS) is 17.5. The van der Waals surface area contributed by atoms with Crippen molar-refractivity contribution in [3.8, 4) is 5.75 Å². The molecule has 24 heavy (non-hydrogen) atoms. The second-order valence-electron chi connectivity index (χ2n) is 6.19. The van der Waals surface area contributed by atoms with Crippen molar-refractivity contribution in [2.45, 2.75) is 33.2 Å². The molecule has 0 radical (unpaired) electrons. The molecule has 2 aromatic carbocycles. The first-order valence-corrected chi connectivity index (χ1v) is 7.87. The van der Waals surface area contributed by atoms with Gasteiger partial charge in [0.2, 0.25) is 5.91 Å². The first-order chi connectivity index (χ1) is 11.4. The van der Waals surface area contributed by atoms with Gasteiger partial charge in [-0.15, -0.1) is 0 Å². The highest BCUT2D eigenvalue weighted by Gasteiger charge is 2.40. The van der Waals surface area contributed by atoms with E-state index in [2.05, 4.69) is 5.32 Å². The molecule has 2 aromatic rings. The molecular formula is C19H20N2O3. The summed E-state index contributed by atoms with van der Waals surface area (Å²) in [6, 6.07) is 9.89. The molecule has 2 N–H and O–H groups in total. The summed E-state index contributed by atoms with van der Waals surface area (Å²) in [5, 5.41) is 12.7. The molecule has 3 rings (SSSR count). The first kappa shape index (κ1) is 16.1. The molecule has 0 aliphatic carbocycles. The molecule has 1 heterocycles. The van der Waals surface area contributed by atoms with Gasteiger partial charge in [0.1, 0.15) is 11.8 Å². The molecule has 1 unspecified atom stereocenters. The number of nitrogens with zero attached hydrogens (tertiary/aromatic N) is 1. The lowest BCUT2D eigenvalue weighted by atomic mass is 10.1. The Hall–Kier alpha value is -2.82. The van der Waals surface area contributed by atoms with Crippen LogP contribution in [0.1, 0.15) is 23.1 Å². The molecule has 2 amide bonds. The van der Waals surface area contributed by atoms with E-state index in [0.29, 0.717) is 11.3 Å². The van der Waals surface area contributed by atoms with Gasteiger partial charge < -0.3 is 10.4 Å². The van der Waals surface area contributed by atoms with Crippen LogP contribution in [0.4, 0.5) is 11.4 Å². The van der Waals surface area contributed by atoms with Gasteiger partial charge in [0.15, 0.2) is 0 Å². The Morgan fingerprint density at radius 3 is 2.54 bits per heavy atom. The molecule has 0 saturated carbocycles. The third-order valence-electron chi connectivity index (χ3n) is 4.50. The Kier molecular flexibility index (Phi) is 4.01. The Balaban J connectivity index is 1.88. The van der Waals surface area contributed by atoms with Crippen LogP contribution in [0.25, 0.3) is 0 Å². The average molecular weight is 324 g/mol. The van der Waals surface area contributed by atoms with Gasteiger partial charge >= 0.3 is 0 Å². The van der Waals surface area contributed by atoms with Gasteiger partial charge in [-0.3, -0.25) is 9.59 Å². The van der Waals surface area contributed by atoms with Crippen molar-refractivity contribution < 1.29 is 14.7 Å². The summed E-state index contributed by atoms with van der Waals surface area (Å²) in [6.07, 6.45) is 0.118. The number of aryl methyl sites for hydroxylation is 2. The number of anilines is 2. The SMILES string of the molecule is Cc1cc(O)ccc1N1C(=O)CC(Nc2cccc(C)c2C)C1=O. The number of hydrogen-bond donors (Lipinski definition) is 2. The third kappa shape index (κ3) is 2.73. The Morgan fingerprint density at radius 2 is 1.83 bits per heavy atom. The van der Waals surface area contributed by atoms with Gasteiger partial charge in [-0.1, -0.05) is 12.1 Å². The summed E-state index contributed by atoms with van der Waals surface area (Å²) < 4.78 is 0. The van der Waals surface area contributed by atoms with Crippen LogP contribution in [-0.2, 0) is 9.59 Å². The lowest BCUT2D eigenvalue weighted by molar-refractivity contribution is -0.121. The predicted molar refractivity (Wildman–Crippen MR) is 93.3 cm³/mol. The van der Waals surface area contributed by atoms with Gasteiger partial charge in [0.25, 0.3) is 5.91 Å². The Bertz CT molecular complexity index is 829. The number of hydrogen-bond acceptors (Lipinski definition) is 4. The number of imide groups is 1. The van der Waals surface area contributed by atoms with Gasteiger partial charge in [-0.05, 0) is 61.7 Å². The number of nitrogens with one attached hydrogen (secondary N) is 1. The fourth-order valence-electron chi connectivity index (χ4n) is 2.98. The van der Waals surface area contributed by atoms with E-state index >= 15 is 0 Å². The van der Waals surface area contributed by atoms with Crippen molar-refractivity contribution in [1.82, 2.24) is 0 Å². The third-order valence-corrected chi connectivity index (χ3v) is 4.50. The number of carbonyl (C=O) groups is 2. The lowest BCUT2D eigenvalue weighted by Crippen LogP contribution is -2.35. The van der Waals surface area contributed by atoms with E-state index in [9.17, 15) is 14.7 Å². The number of benzene rings is 2.